The van der Waals surface area contributed by atoms with Crippen LogP contribution in [0.4, 0.5) is 0 Å². The fourth-order valence-electron chi connectivity index (χ4n) is 2.44. The molecule has 0 aliphatic carbocycles. The van der Waals surface area contributed by atoms with Crippen LogP contribution < -0.4 is 5.32 Å². The van der Waals surface area contributed by atoms with E-state index >= 15 is 0 Å². The van der Waals surface area contributed by atoms with Crippen LogP contribution in [0.2, 0.25) is 0 Å². The summed E-state index contributed by atoms with van der Waals surface area (Å²) in [5, 5.41) is 5.16. The molecular formula is C16H17NO2S. The van der Waals surface area contributed by atoms with Crippen LogP contribution in [0.5, 0.6) is 0 Å². The third kappa shape index (κ3) is 2.92. The van der Waals surface area contributed by atoms with E-state index in [0.717, 1.165) is 23.3 Å². The molecule has 20 heavy (non-hydrogen) atoms. The summed E-state index contributed by atoms with van der Waals surface area (Å²) < 4.78 is 5.46. The number of thiophene rings is 1. The van der Waals surface area contributed by atoms with Crippen molar-refractivity contribution in [2.45, 2.75) is 25.0 Å². The average molecular weight is 287 g/mol. The molecule has 3 nitrogen and oxygen atoms in total. The molecular weight excluding hydrogens is 270 g/mol. The zero-order valence-electron chi connectivity index (χ0n) is 11.1. The molecule has 1 N–H and O–H groups in total. The summed E-state index contributed by atoms with van der Waals surface area (Å²) in [5.41, 5.74) is 1.10. The molecule has 0 unspecified atom stereocenters. The number of amides is 1. The molecule has 1 aliphatic heterocycles. The van der Waals surface area contributed by atoms with E-state index in [1.54, 1.807) is 11.3 Å². The Hall–Kier alpha value is -1.65. The Kier molecular flexibility index (Phi) is 4.14. The van der Waals surface area contributed by atoms with Gasteiger partial charge in [-0.3, -0.25) is 4.79 Å². The largest absolute Gasteiger partial charge is 0.368 e. The van der Waals surface area contributed by atoms with Gasteiger partial charge in [-0.15, -0.1) is 11.3 Å². The van der Waals surface area contributed by atoms with Crippen molar-refractivity contribution in [3.05, 3.63) is 58.3 Å². The Morgan fingerprint density at radius 3 is 2.75 bits per heavy atom. The first-order valence-corrected chi connectivity index (χ1v) is 7.73. The first-order valence-electron chi connectivity index (χ1n) is 6.85. The highest BCUT2D eigenvalue weighted by molar-refractivity contribution is 7.10. The first kappa shape index (κ1) is 13.3. The van der Waals surface area contributed by atoms with Gasteiger partial charge in [0.1, 0.15) is 6.10 Å². The molecule has 2 aromatic rings. The average Bonchev–Trinajstić information content (AvgIpc) is 3.18. The van der Waals surface area contributed by atoms with Gasteiger partial charge in [0.05, 0.1) is 6.04 Å². The summed E-state index contributed by atoms with van der Waals surface area (Å²) in [6.45, 7) is 0.688. The third-order valence-corrected chi connectivity index (χ3v) is 4.41. The molecule has 0 saturated carbocycles. The Morgan fingerprint density at radius 1 is 1.25 bits per heavy atom. The Bertz CT molecular complexity index is 547. The van der Waals surface area contributed by atoms with Crippen LogP contribution in [0.15, 0.2) is 47.8 Å². The highest BCUT2D eigenvalue weighted by atomic mass is 32.1. The van der Waals surface area contributed by atoms with Gasteiger partial charge in [-0.25, -0.2) is 0 Å². The highest BCUT2D eigenvalue weighted by Crippen LogP contribution is 2.26. The number of carbonyl (C=O) groups is 1. The maximum Gasteiger partial charge on any atom is 0.249 e. The second-order valence-corrected chi connectivity index (χ2v) is 5.85. The van der Waals surface area contributed by atoms with E-state index in [0.29, 0.717) is 6.61 Å². The molecule has 1 aromatic heterocycles. The maximum absolute atomic E-state index is 12.3. The smallest absolute Gasteiger partial charge is 0.249 e. The second kappa shape index (κ2) is 6.20. The summed E-state index contributed by atoms with van der Waals surface area (Å²) in [4.78, 5) is 13.4. The highest BCUT2D eigenvalue weighted by Gasteiger charge is 2.27. The summed E-state index contributed by atoms with van der Waals surface area (Å²) in [7, 11) is 0. The Labute approximate surface area is 122 Å². The molecule has 104 valence electrons. The zero-order chi connectivity index (χ0) is 13.8. The number of benzene rings is 1. The zero-order valence-corrected chi connectivity index (χ0v) is 11.9. The van der Waals surface area contributed by atoms with E-state index in [9.17, 15) is 4.79 Å². The van der Waals surface area contributed by atoms with Crippen molar-refractivity contribution in [1.82, 2.24) is 5.32 Å². The van der Waals surface area contributed by atoms with Crippen LogP contribution in [-0.2, 0) is 9.53 Å². The van der Waals surface area contributed by atoms with Gasteiger partial charge in [-0.05, 0) is 29.9 Å². The summed E-state index contributed by atoms with van der Waals surface area (Å²) >= 11 is 1.65. The van der Waals surface area contributed by atoms with Crippen molar-refractivity contribution >= 4 is 17.2 Å². The van der Waals surface area contributed by atoms with Crippen molar-refractivity contribution in [2.24, 2.45) is 0 Å². The lowest BCUT2D eigenvalue weighted by Gasteiger charge is -2.20. The molecule has 3 rings (SSSR count). The SMILES string of the molecule is O=C(N[C@@H](c1ccccc1)c1cccs1)[C@@H]1CCCO1. The third-order valence-electron chi connectivity index (χ3n) is 3.47. The molecule has 1 amide bonds. The van der Waals surface area contributed by atoms with Gasteiger partial charge in [0.15, 0.2) is 0 Å². The second-order valence-electron chi connectivity index (χ2n) is 4.87. The number of hydrogen-bond donors (Lipinski definition) is 1. The minimum atomic E-state index is -0.291. The van der Waals surface area contributed by atoms with E-state index in [4.69, 9.17) is 4.74 Å². The van der Waals surface area contributed by atoms with Gasteiger partial charge < -0.3 is 10.1 Å². The summed E-state index contributed by atoms with van der Waals surface area (Å²) in [6, 6.07) is 14.0. The number of nitrogens with one attached hydrogen (secondary N) is 1. The molecule has 2 heterocycles. The fraction of sp³-hybridized carbons (Fsp3) is 0.312. The maximum atomic E-state index is 12.3. The standard InChI is InChI=1S/C16H17NO2S/c18-16(13-8-4-10-19-13)17-15(14-9-5-11-20-14)12-6-2-1-3-7-12/h1-3,5-7,9,11,13,15H,4,8,10H2,(H,17,18)/t13-,15-/m0/s1. The molecule has 1 saturated heterocycles. The van der Waals surface area contributed by atoms with E-state index < -0.39 is 0 Å². The molecule has 1 aliphatic rings. The predicted molar refractivity (Wildman–Crippen MR) is 79.7 cm³/mol. The number of carbonyl (C=O) groups excluding carboxylic acids is 1. The minimum Gasteiger partial charge on any atom is -0.368 e. The van der Waals surface area contributed by atoms with Crippen molar-refractivity contribution in [1.29, 1.82) is 0 Å². The van der Waals surface area contributed by atoms with Crippen LogP contribution in [0.1, 0.15) is 29.3 Å². The summed E-state index contributed by atoms with van der Waals surface area (Å²) in [6.07, 6.45) is 1.49. The van der Waals surface area contributed by atoms with Gasteiger partial charge in [0.25, 0.3) is 0 Å². The number of ether oxygens (including phenoxy) is 1. The van der Waals surface area contributed by atoms with E-state index in [2.05, 4.69) is 11.4 Å². The van der Waals surface area contributed by atoms with Gasteiger partial charge in [0, 0.05) is 11.5 Å². The lowest BCUT2D eigenvalue weighted by Crippen LogP contribution is -2.37. The minimum absolute atomic E-state index is 0.00949. The normalized spacial score (nSPS) is 19.7. The van der Waals surface area contributed by atoms with Crippen LogP contribution in [0, 0.1) is 0 Å². The fourth-order valence-corrected chi connectivity index (χ4v) is 3.24. The van der Waals surface area contributed by atoms with Gasteiger partial charge in [-0.2, -0.15) is 0 Å². The number of rotatable bonds is 4. The molecule has 1 fully saturated rings. The van der Waals surface area contributed by atoms with Crippen LogP contribution >= 0.6 is 11.3 Å². The molecule has 1 aromatic carbocycles. The summed E-state index contributed by atoms with van der Waals surface area (Å²) in [5.74, 6) is -0.00949. The number of hydrogen-bond acceptors (Lipinski definition) is 3. The lowest BCUT2D eigenvalue weighted by molar-refractivity contribution is -0.130. The molecule has 0 radical (unpaired) electrons. The Balaban J connectivity index is 1.81. The van der Waals surface area contributed by atoms with Crippen molar-refractivity contribution in [2.75, 3.05) is 6.61 Å². The van der Waals surface area contributed by atoms with Gasteiger partial charge in [-0.1, -0.05) is 36.4 Å². The van der Waals surface area contributed by atoms with Crippen LogP contribution in [0.25, 0.3) is 0 Å². The Morgan fingerprint density at radius 2 is 2.10 bits per heavy atom. The van der Waals surface area contributed by atoms with E-state index in [-0.39, 0.29) is 18.1 Å². The molecule has 4 heteroatoms. The van der Waals surface area contributed by atoms with Crippen molar-refractivity contribution < 1.29 is 9.53 Å². The molecule has 2 atom stereocenters. The topological polar surface area (TPSA) is 38.3 Å². The van der Waals surface area contributed by atoms with E-state index in [1.165, 1.54) is 0 Å². The van der Waals surface area contributed by atoms with E-state index in [1.807, 2.05) is 41.8 Å². The monoisotopic (exact) mass is 287 g/mol. The predicted octanol–water partition coefficient (Wildman–Crippen LogP) is 3.13. The van der Waals surface area contributed by atoms with Crippen molar-refractivity contribution in [3.63, 3.8) is 0 Å². The lowest BCUT2D eigenvalue weighted by atomic mass is 10.0. The quantitative estimate of drug-likeness (QED) is 0.938. The first-order chi connectivity index (χ1) is 9.84. The molecule has 0 bridgehead atoms. The van der Waals surface area contributed by atoms with Crippen LogP contribution in [-0.4, -0.2) is 18.6 Å². The van der Waals surface area contributed by atoms with Crippen molar-refractivity contribution in [3.8, 4) is 0 Å². The van der Waals surface area contributed by atoms with Gasteiger partial charge in [0.2, 0.25) is 5.91 Å². The molecule has 0 spiro atoms. The van der Waals surface area contributed by atoms with Gasteiger partial charge >= 0.3 is 0 Å². The van der Waals surface area contributed by atoms with Crippen LogP contribution in [0.3, 0.4) is 0 Å².